The highest BCUT2D eigenvalue weighted by molar-refractivity contribution is 7.98. The standard InChI is InChI=1S/C26H38N6O9S/c1-42-12-11-18(29-21(34)14-27)25(39)31-17(8-10-22(35)36)23(37)30-16(7-9-20(28)33)24(38)32-19(26(40)41)13-15-5-3-2-4-6-15/h2-6,16-19H,7-14,27H2,1H3,(H2,28,33)(H,29,34)(H,30,37)(H,31,39)(H,32,38)(H,35,36)(H,40,41)/t16-,17-,18-,19-/m0/s1. The Morgan fingerprint density at radius 3 is 1.71 bits per heavy atom. The van der Waals surface area contributed by atoms with Gasteiger partial charge in [0.05, 0.1) is 6.54 Å². The fourth-order valence-electron chi connectivity index (χ4n) is 3.72. The SMILES string of the molecule is CSCC[C@H](NC(=O)CN)C(=O)N[C@@H](CCC(=O)O)C(=O)N[C@@H](CCC(N)=O)C(=O)N[C@@H](Cc1ccccc1)C(=O)O. The third-order valence-corrected chi connectivity index (χ3v) is 6.58. The number of carboxylic acids is 2. The van der Waals surface area contributed by atoms with Crippen LogP contribution in [0.4, 0.5) is 0 Å². The van der Waals surface area contributed by atoms with Crippen molar-refractivity contribution in [3.63, 3.8) is 0 Å². The average Bonchev–Trinajstić information content (AvgIpc) is 2.94. The van der Waals surface area contributed by atoms with E-state index in [9.17, 15) is 38.7 Å². The Bertz CT molecular complexity index is 1100. The fraction of sp³-hybridized carbons (Fsp3) is 0.500. The van der Waals surface area contributed by atoms with Crippen molar-refractivity contribution in [3.05, 3.63) is 35.9 Å². The molecule has 0 aromatic heterocycles. The summed E-state index contributed by atoms with van der Waals surface area (Å²) in [6.07, 6.45) is 0.363. The lowest BCUT2D eigenvalue weighted by Gasteiger charge is -2.26. The van der Waals surface area contributed by atoms with Gasteiger partial charge in [-0.3, -0.25) is 28.8 Å². The molecule has 232 valence electrons. The third kappa shape index (κ3) is 13.9. The molecular formula is C26H38N6O9S. The van der Waals surface area contributed by atoms with Gasteiger partial charge in [-0.2, -0.15) is 11.8 Å². The van der Waals surface area contributed by atoms with Crippen molar-refractivity contribution >= 4 is 53.2 Å². The molecule has 0 fully saturated rings. The number of thioether (sulfide) groups is 1. The van der Waals surface area contributed by atoms with E-state index in [1.807, 2.05) is 0 Å². The third-order valence-electron chi connectivity index (χ3n) is 5.94. The maximum Gasteiger partial charge on any atom is 0.326 e. The summed E-state index contributed by atoms with van der Waals surface area (Å²) in [6.45, 7) is -0.385. The molecule has 1 aromatic carbocycles. The smallest absolute Gasteiger partial charge is 0.326 e. The van der Waals surface area contributed by atoms with E-state index in [1.54, 1.807) is 36.6 Å². The van der Waals surface area contributed by atoms with Crippen LogP contribution in [0.2, 0.25) is 0 Å². The van der Waals surface area contributed by atoms with E-state index in [0.717, 1.165) is 0 Å². The summed E-state index contributed by atoms with van der Waals surface area (Å²) in [6, 6.07) is 3.13. The summed E-state index contributed by atoms with van der Waals surface area (Å²) in [7, 11) is 0. The molecular weight excluding hydrogens is 572 g/mol. The number of carbonyl (C=O) groups is 7. The highest BCUT2D eigenvalue weighted by Crippen LogP contribution is 2.08. The van der Waals surface area contributed by atoms with E-state index >= 15 is 0 Å². The van der Waals surface area contributed by atoms with Crippen LogP contribution in [0.3, 0.4) is 0 Å². The summed E-state index contributed by atoms with van der Waals surface area (Å²) in [5.74, 6) is -6.19. The zero-order valence-corrected chi connectivity index (χ0v) is 24.0. The summed E-state index contributed by atoms with van der Waals surface area (Å²) >= 11 is 1.40. The van der Waals surface area contributed by atoms with Crippen LogP contribution in [0, 0.1) is 0 Å². The lowest BCUT2D eigenvalue weighted by molar-refractivity contribution is -0.142. The Balaban J connectivity index is 3.15. The second-order valence-electron chi connectivity index (χ2n) is 9.25. The molecule has 1 rings (SSSR count). The highest BCUT2D eigenvalue weighted by atomic mass is 32.2. The Labute approximate surface area is 246 Å². The molecule has 0 radical (unpaired) electrons. The predicted octanol–water partition coefficient (Wildman–Crippen LogP) is -1.90. The molecule has 0 bridgehead atoms. The normalized spacial score (nSPS) is 13.5. The number of nitrogens with one attached hydrogen (secondary N) is 4. The molecule has 0 heterocycles. The van der Waals surface area contributed by atoms with Gasteiger partial charge in [0.15, 0.2) is 0 Å². The van der Waals surface area contributed by atoms with Crippen LogP contribution in [0.25, 0.3) is 0 Å². The molecule has 0 unspecified atom stereocenters. The van der Waals surface area contributed by atoms with Crippen LogP contribution in [-0.2, 0) is 40.0 Å². The van der Waals surface area contributed by atoms with Crippen molar-refractivity contribution in [3.8, 4) is 0 Å². The van der Waals surface area contributed by atoms with Gasteiger partial charge in [-0.1, -0.05) is 30.3 Å². The molecule has 16 heteroatoms. The lowest BCUT2D eigenvalue weighted by Crippen LogP contribution is -2.58. The number of aliphatic carboxylic acids is 2. The number of primary amides is 1. The van der Waals surface area contributed by atoms with Crippen molar-refractivity contribution in [2.45, 2.75) is 62.7 Å². The Hall–Kier alpha value is -4.18. The Morgan fingerprint density at radius 1 is 0.762 bits per heavy atom. The molecule has 0 spiro atoms. The van der Waals surface area contributed by atoms with Crippen molar-refractivity contribution in [1.82, 2.24) is 21.3 Å². The maximum absolute atomic E-state index is 13.2. The fourth-order valence-corrected chi connectivity index (χ4v) is 4.19. The lowest BCUT2D eigenvalue weighted by atomic mass is 10.0. The van der Waals surface area contributed by atoms with Gasteiger partial charge in [0.25, 0.3) is 0 Å². The molecule has 0 saturated heterocycles. The van der Waals surface area contributed by atoms with Gasteiger partial charge in [-0.25, -0.2) is 4.79 Å². The number of carboxylic acid groups (broad SMARTS) is 2. The van der Waals surface area contributed by atoms with Crippen LogP contribution in [0.5, 0.6) is 0 Å². The zero-order chi connectivity index (χ0) is 31.7. The van der Waals surface area contributed by atoms with Gasteiger partial charge in [-0.15, -0.1) is 0 Å². The summed E-state index contributed by atoms with van der Waals surface area (Å²) < 4.78 is 0. The molecule has 1 aromatic rings. The summed E-state index contributed by atoms with van der Waals surface area (Å²) in [5.41, 5.74) is 11.2. The largest absolute Gasteiger partial charge is 0.481 e. The number of benzene rings is 1. The van der Waals surface area contributed by atoms with Crippen molar-refractivity contribution in [2.75, 3.05) is 18.6 Å². The second-order valence-corrected chi connectivity index (χ2v) is 10.2. The number of nitrogens with two attached hydrogens (primary N) is 2. The molecule has 0 aliphatic carbocycles. The monoisotopic (exact) mass is 610 g/mol. The molecule has 5 amide bonds. The minimum Gasteiger partial charge on any atom is -0.481 e. The topological polar surface area (TPSA) is 260 Å². The van der Waals surface area contributed by atoms with Gasteiger partial charge in [0, 0.05) is 19.3 Å². The average molecular weight is 611 g/mol. The Morgan fingerprint density at radius 2 is 1.26 bits per heavy atom. The number of carbonyl (C=O) groups excluding carboxylic acids is 5. The van der Waals surface area contributed by atoms with E-state index in [-0.39, 0.29) is 38.6 Å². The molecule has 0 saturated carbocycles. The molecule has 4 atom stereocenters. The number of hydrogen-bond acceptors (Lipinski definition) is 9. The van der Waals surface area contributed by atoms with Gasteiger partial charge < -0.3 is 42.9 Å². The highest BCUT2D eigenvalue weighted by Gasteiger charge is 2.31. The minimum absolute atomic E-state index is 0.0678. The number of hydrogen-bond donors (Lipinski definition) is 8. The van der Waals surface area contributed by atoms with Crippen LogP contribution in [-0.4, -0.2) is 94.4 Å². The second kappa shape index (κ2) is 19.0. The molecule has 42 heavy (non-hydrogen) atoms. The van der Waals surface area contributed by atoms with Gasteiger partial charge in [-0.05, 0) is 36.8 Å². The first-order valence-electron chi connectivity index (χ1n) is 13.0. The zero-order valence-electron chi connectivity index (χ0n) is 23.2. The first kappa shape index (κ1) is 35.8. The first-order valence-corrected chi connectivity index (χ1v) is 14.4. The van der Waals surface area contributed by atoms with Gasteiger partial charge in [0.1, 0.15) is 24.2 Å². The van der Waals surface area contributed by atoms with Crippen LogP contribution < -0.4 is 32.7 Å². The number of rotatable bonds is 20. The van der Waals surface area contributed by atoms with E-state index in [1.165, 1.54) is 11.8 Å². The quantitative estimate of drug-likeness (QED) is 0.0808. The number of amides is 5. The minimum atomic E-state index is -1.45. The van der Waals surface area contributed by atoms with Crippen LogP contribution in [0.15, 0.2) is 30.3 Å². The van der Waals surface area contributed by atoms with E-state index in [2.05, 4.69) is 21.3 Å². The van der Waals surface area contributed by atoms with Gasteiger partial charge >= 0.3 is 11.9 Å². The van der Waals surface area contributed by atoms with E-state index in [0.29, 0.717) is 11.3 Å². The van der Waals surface area contributed by atoms with E-state index < -0.39 is 72.1 Å². The summed E-state index contributed by atoms with van der Waals surface area (Å²) in [4.78, 5) is 85.6. The van der Waals surface area contributed by atoms with Crippen molar-refractivity contribution in [1.29, 1.82) is 0 Å². The molecule has 10 N–H and O–H groups in total. The maximum atomic E-state index is 13.2. The molecule has 0 aliphatic rings. The summed E-state index contributed by atoms with van der Waals surface area (Å²) in [5, 5.41) is 28.4. The van der Waals surface area contributed by atoms with E-state index in [4.69, 9.17) is 16.6 Å². The van der Waals surface area contributed by atoms with Crippen LogP contribution in [0.1, 0.15) is 37.7 Å². The first-order chi connectivity index (χ1) is 19.9. The van der Waals surface area contributed by atoms with Crippen molar-refractivity contribution in [2.24, 2.45) is 11.5 Å². The van der Waals surface area contributed by atoms with Crippen molar-refractivity contribution < 1.29 is 43.8 Å². The van der Waals surface area contributed by atoms with Gasteiger partial charge in [0.2, 0.25) is 29.5 Å². The predicted molar refractivity (Wildman–Crippen MR) is 153 cm³/mol. The molecule has 0 aliphatic heterocycles. The Kier molecular flexibility index (Phi) is 16.2. The molecule has 15 nitrogen and oxygen atoms in total. The van der Waals surface area contributed by atoms with Crippen LogP contribution >= 0.6 is 11.8 Å².